The van der Waals surface area contributed by atoms with Crippen LogP contribution in [-0.2, 0) is 23.1 Å². The zero-order valence-corrected chi connectivity index (χ0v) is 17.7. The maximum Gasteiger partial charge on any atom is 0.434 e. The molecule has 16 heteroatoms. The Morgan fingerprint density at radius 3 is 2.19 bits per heavy atom. The molecule has 0 aliphatic carbocycles. The third-order valence-electron chi connectivity index (χ3n) is 4.66. The van der Waals surface area contributed by atoms with Crippen LogP contribution >= 0.6 is 11.6 Å². The van der Waals surface area contributed by atoms with E-state index >= 15 is 0 Å². The van der Waals surface area contributed by atoms with Crippen LogP contribution in [0.4, 0.5) is 36.8 Å². The third-order valence-corrected chi connectivity index (χ3v) is 5.78. The van der Waals surface area contributed by atoms with Gasteiger partial charge in [-0.3, -0.25) is 13.2 Å². The number of anilines is 1. The molecule has 1 aliphatic rings. The molecule has 8 nitrogen and oxygen atoms in total. The number of hydrogen-bond acceptors (Lipinski definition) is 5. The Bertz CT molecular complexity index is 812. The standard InChI is InChI=1S/C15H19ClF6N4O4S/c1-8-10(11(16)24(2)23-8)26(31(28)29)7-9-3-5-25(6-4-9)13(27)30-12(14(17,18)19)15(20,21)22/h9,12H,3-7H2,1-2H3,(H,28,29)/p-1. The van der Waals surface area contributed by atoms with Gasteiger partial charge in [-0.25, -0.2) is 4.79 Å². The molecule has 2 heterocycles. The van der Waals surface area contributed by atoms with Crippen molar-refractivity contribution >= 4 is 34.6 Å². The fraction of sp³-hybridized carbons (Fsp3) is 0.733. The summed E-state index contributed by atoms with van der Waals surface area (Å²) in [5, 5.41) is 4.10. The fourth-order valence-electron chi connectivity index (χ4n) is 3.16. The number of amides is 1. The van der Waals surface area contributed by atoms with E-state index in [1.807, 2.05) is 0 Å². The maximum atomic E-state index is 12.6. The van der Waals surface area contributed by atoms with Crippen LogP contribution in [0.3, 0.4) is 0 Å². The molecule has 0 saturated carbocycles. The van der Waals surface area contributed by atoms with Crippen LogP contribution in [0, 0.1) is 12.8 Å². The SMILES string of the molecule is Cc1nn(C)c(Cl)c1N(CC1CCN(C(=O)OC(C(F)(F)F)C(F)(F)F)CC1)S(=O)[O-]. The van der Waals surface area contributed by atoms with Crippen molar-refractivity contribution in [1.29, 1.82) is 0 Å². The van der Waals surface area contributed by atoms with Gasteiger partial charge in [0.2, 0.25) is 0 Å². The summed E-state index contributed by atoms with van der Waals surface area (Å²) in [5.74, 6) is -0.335. The fourth-order valence-corrected chi connectivity index (χ4v) is 4.18. The summed E-state index contributed by atoms with van der Waals surface area (Å²) >= 11 is 3.37. The quantitative estimate of drug-likeness (QED) is 0.458. The van der Waals surface area contributed by atoms with Crippen LogP contribution in [0.2, 0.25) is 5.15 Å². The smallest absolute Gasteiger partial charge is 0.434 e. The molecule has 1 saturated heterocycles. The van der Waals surface area contributed by atoms with E-state index in [0.29, 0.717) is 5.69 Å². The van der Waals surface area contributed by atoms with E-state index in [1.165, 1.54) is 11.7 Å². The number of alkyl halides is 6. The molecule has 1 aliphatic heterocycles. The Labute approximate surface area is 180 Å². The number of hydrogen-bond donors (Lipinski definition) is 0. The molecule has 0 bridgehead atoms. The van der Waals surface area contributed by atoms with Crippen LogP contribution < -0.4 is 4.31 Å². The minimum Gasteiger partial charge on any atom is -0.755 e. The zero-order chi connectivity index (χ0) is 23.7. The first-order chi connectivity index (χ1) is 14.1. The van der Waals surface area contributed by atoms with Gasteiger partial charge in [0, 0.05) is 37.9 Å². The van der Waals surface area contributed by atoms with Crippen molar-refractivity contribution in [3.8, 4) is 0 Å². The second kappa shape index (κ2) is 9.40. The molecular weight excluding hydrogens is 482 g/mol. The van der Waals surface area contributed by atoms with E-state index in [0.717, 1.165) is 9.21 Å². The summed E-state index contributed by atoms with van der Waals surface area (Å²) in [5.41, 5.74) is 0.514. The lowest BCUT2D eigenvalue weighted by Crippen LogP contribution is -2.49. The van der Waals surface area contributed by atoms with E-state index in [4.69, 9.17) is 11.6 Å². The molecule has 1 amide bonds. The Morgan fingerprint density at radius 1 is 1.29 bits per heavy atom. The monoisotopic (exact) mass is 499 g/mol. The number of piperidine rings is 1. The lowest BCUT2D eigenvalue weighted by atomic mass is 9.97. The highest BCUT2D eigenvalue weighted by atomic mass is 35.5. The number of nitrogens with zero attached hydrogens (tertiary/aromatic N) is 4. The van der Waals surface area contributed by atoms with Crippen molar-refractivity contribution in [3.05, 3.63) is 10.8 Å². The van der Waals surface area contributed by atoms with E-state index in [-0.39, 0.29) is 49.2 Å². The van der Waals surface area contributed by atoms with Gasteiger partial charge in [-0.15, -0.1) is 0 Å². The minimum absolute atomic E-state index is 0.0566. The summed E-state index contributed by atoms with van der Waals surface area (Å²) in [6.45, 7) is 1.09. The summed E-state index contributed by atoms with van der Waals surface area (Å²) in [4.78, 5) is 12.5. The molecule has 0 N–H and O–H groups in total. The molecule has 1 aromatic heterocycles. The number of aromatic nitrogens is 2. The first-order valence-electron chi connectivity index (χ1n) is 8.78. The van der Waals surface area contributed by atoms with E-state index in [1.54, 1.807) is 6.92 Å². The van der Waals surface area contributed by atoms with E-state index in [9.17, 15) is 39.9 Å². The normalized spacial score (nSPS) is 17.2. The van der Waals surface area contributed by atoms with Crippen molar-refractivity contribution in [1.82, 2.24) is 14.7 Å². The second-order valence-electron chi connectivity index (χ2n) is 6.90. The van der Waals surface area contributed by atoms with Crippen molar-refractivity contribution < 1.29 is 44.6 Å². The lowest BCUT2D eigenvalue weighted by molar-refractivity contribution is -0.308. The Hall–Kier alpha value is -1.74. The number of rotatable bonds is 5. The van der Waals surface area contributed by atoms with Gasteiger partial charge >= 0.3 is 18.4 Å². The average molecular weight is 500 g/mol. The largest absolute Gasteiger partial charge is 0.755 e. The van der Waals surface area contributed by atoms with Gasteiger partial charge in [0.25, 0.3) is 6.10 Å². The molecule has 0 radical (unpaired) electrons. The third kappa shape index (κ3) is 6.16. The highest BCUT2D eigenvalue weighted by Gasteiger charge is 2.60. The summed E-state index contributed by atoms with van der Waals surface area (Å²) in [6, 6.07) is 0. The Kier molecular flexibility index (Phi) is 7.74. The van der Waals surface area contributed by atoms with Gasteiger partial charge in [0.15, 0.2) is 5.15 Å². The molecule has 0 spiro atoms. The van der Waals surface area contributed by atoms with Gasteiger partial charge in [-0.05, 0) is 25.7 Å². The van der Waals surface area contributed by atoms with Crippen LogP contribution in [-0.4, -0.2) is 67.6 Å². The molecular formula is C15H18ClF6N4O4S-. The van der Waals surface area contributed by atoms with E-state index in [2.05, 4.69) is 9.84 Å². The highest BCUT2D eigenvalue weighted by molar-refractivity contribution is 7.80. The van der Waals surface area contributed by atoms with Gasteiger partial charge in [0.05, 0.1) is 5.69 Å². The van der Waals surface area contributed by atoms with Crippen molar-refractivity contribution in [2.75, 3.05) is 23.9 Å². The van der Waals surface area contributed by atoms with Crippen LogP contribution in [0.1, 0.15) is 18.5 Å². The maximum absolute atomic E-state index is 12.6. The van der Waals surface area contributed by atoms with Gasteiger partial charge in [-0.2, -0.15) is 31.4 Å². The second-order valence-corrected chi connectivity index (χ2v) is 8.14. The average Bonchev–Trinajstić information content (AvgIpc) is 2.88. The van der Waals surface area contributed by atoms with Crippen molar-refractivity contribution in [3.63, 3.8) is 0 Å². The summed E-state index contributed by atoms with van der Waals surface area (Å²) in [6.07, 6.45) is -17.3. The first-order valence-corrected chi connectivity index (χ1v) is 10.2. The molecule has 31 heavy (non-hydrogen) atoms. The number of carbonyl (C=O) groups is 1. The Morgan fingerprint density at radius 2 is 1.81 bits per heavy atom. The van der Waals surface area contributed by atoms with E-state index < -0.39 is 35.8 Å². The topological polar surface area (TPSA) is 90.7 Å². The summed E-state index contributed by atoms with van der Waals surface area (Å²) in [7, 11) is 1.52. The molecule has 1 unspecified atom stereocenters. The minimum atomic E-state index is -5.80. The molecule has 1 fully saturated rings. The number of aryl methyl sites for hydroxylation is 2. The number of carbonyl (C=O) groups excluding carboxylic acids is 1. The molecule has 178 valence electrons. The molecule has 2 rings (SSSR count). The molecule has 1 atom stereocenters. The number of likely N-dealkylation sites (tertiary alicyclic amines) is 1. The predicted molar refractivity (Wildman–Crippen MR) is 95.9 cm³/mol. The van der Waals surface area contributed by atoms with Gasteiger partial charge in [0.1, 0.15) is 5.69 Å². The van der Waals surface area contributed by atoms with Crippen LogP contribution in [0.15, 0.2) is 0 Å². The van der Waals surface area contributed by atoms with Crippen molar-refractivity contribution in [2.45, 2.75) is 38.2 Å². The number of ether oxygens (including phenoxy) is 1. The Balaban J connectivity index is 2.01. The highest BCUT2D eigenvalue weighted by Crippen LogP contribution is 2.36. The number of halogens is 7. The molecule has 1 aromatic rings. The van der Waals surface area contributed by atoms with Gasteiger partial charge in [-0.1, -0.05) is 11.6 Å². The molecule has 0 aromatic carbocycles. The van der Waals surface area contributed by atoms with Crippen molar-refractivity contribution in [2.24, 2.45) is 13.0 Å². The summed E-state index contributed by atoms with van der Waals surface area (Å²) < 4.78 is 105. The van der Waals surface area contributed by atoms with Crippen LogP contribution in [0.25, 0.3) is 0 Å². The van der Waals surface area contributed by atoms with Gasteiger partial charge < -0.3 is 14.2 Å². The lowest BCUT2D eigenvalue weighted by Gasteiger charge is -2.36. The zero-order valence-electron chi connectivity index (χ0n) is 16.2. The van der Waals surface area contributed by atoms with Crippen LogP contribution in [0.5, 0.6) is 0 Å². The predicted octanol–water partition coefficient (Wildman–Crippen LogP) is 3.32. The first kappa shape index (κ1) is 25.5.